The summed E-state index contributed by atoms with van der Waals surface area (Å²) >= 11 is 0. The highest BCUT2D eigenvalue weighted by Crippen LogP contribution is 2.42. The quantitative estimate of drug-likeness (QED) is 0.706. The molecule has 0 aliphatic carbocycles. The van der Waals surface area contributed by atoms with Gasteiger partial charge in [-0.2, -0.15) is 0 Å². The Balaban J connectivity index is 1.69. The van der Waals surface area contributed by atoms with E-state index in [4.69, 9.17) is 4.98 Å². The van der Waals surface area contributed by atoms with Crippen molar-refractivity contribution in [3.63, 3.8) is 0 Å². The van der Waals surface area contributed by atoms with Crippen molar-refractivity contribution in [1.82, 2.24) is 15.0 Å². The fourth-order valence-corrected chi connectivity index (χ4v) is 3.95. The van der Waals surface area contributed by atoms with Gasteiger partial charge in [0.2, 0.25) is 0 Å². The van der Waals surface area contributed by atoms with Crippen LogP contribution in [0.1, 0.15) is 12.8 Å². The Morgan fingerprint density at radius 3 is 2.65 bits per heavy atom. The Morgan fingerprint density at radius 2 is 1.88 bits per heavy atom. The van der Waals surface area contributed by atoms with Crippen molar-refractivity contribution >= 4 is 17.2 Å². The number of halogens is 1. The minimum Gasteiger partial charge on any atom is -0.368 e. The largest absolute Gasteiger partial charge is 0.368 e. The van der Waals surface area contributed by atoms with Crippen molar-refractivity contribution in [1.29, 1.82) is 0 Å². The first-order valence-electron chi connectivity index (χ1n) is 8.86. The summed E-state index contributed by atoms with van der Waals surface area (Å²) in [6.07, 6.45) is 8.70. The van der Waals surface area contributed by atoms with Gasteiger partial charge < -0.3 is 9.80 Å². The lowest BCUT2D eigenvalue weighted by atomic mass is 10.0. The summed E-state index contributed by atoms with van der Waals surface area (Å²) in [5.74, 6) is 0.562. The zero-order chi connectivity index (χ0) is 17.5. The molecule has 0 aromatic carbocycles. The predicted octanol–water partition coefficient (Wildman–Crippen LogP) is 3.80. The monoisotopic (exact) mass is 347 g/mol. The normalized spacial score (nSPS) is 16.5. The van der Waals surface area contributed by atoms with E-state index in [1.807, 2.05) is 18.3 Å². The maximum atomic E-state index is 13.6. The van der Waals surface area contributed by atoms with Gasteiger partial charge in [0.15, 0.2) is 5.82 Å². The number of rotatable bonds is 2. The number of hydrogen-bond acceptors (Lipinski definition) is 5. The Kier molecular flexibility index (Phi) is 3.55. The molecule has 130 valence electrons. The molecule has 26 heavy (non-hydrogen) atoms. The SMILES string of the molecule is Fc1cncc(-c2ccc3c(n2)N(c2cccnc2)C2CCN3CC2)c1. The molecule has 5 nitrogen and oxygen atoms in total. The summed E-state index contributed by atoms with van der Waals surface area (Å²) < 4.78 is 13.6. The van der Waals surface area contributed by atoms with Gasteiger partial charge in [0.05, 0.1) is 29.5 Å². The first-order chi connectivity index (χ1) is 12.8. The topological polar surface area (TPSA) is 45.2 Å². The zero-order valence-corrected chi connectivity index (χ0v) is 14.2. The molecular weight excluding hydrogens is 329 g/mol. The van der Waals surface area contributed by atoms with E-state index in [2.05, 4.69) is 31.9 Å². The molecule has 0 unspecified atom stereocenters. The first kappa shape index (κ1) is 15.3. The molecule has 0 spiro atoms. The molecule has 3 aromatic heterocycles. The molecule has 2 bridgehead atoms. The van der Waals surface area contributed by atoms with Gasteiger partial charge in [-0.1, -0.05) is 0 Å². The number of nitrogens with zero attached hydrogens (tertiary/aromatic N) is 5. The third kappa shape index (κ3) is 2.49. The number of anilines is 3. The van der Waals surface area contributed by atoms with Crippen molar-refractivity contribution in [2.75, 3.05) is 22.9 Å². The summed E-state index contributed by atoms with van der Waals surface area (Å²) in [5, 5.41) is 0. The highest BCUT2D eigenvalue weighted by molar-refractivity contribution is 5.79. The average Bonchev–Trinajstić information content (AvgIpc) is 2.94. The maximum absolute atomic E-state index is 13.6. The van der Waals surface area contributed by atoms with Crippen LogP contribution in [0.4, 0.5) is 21.6 Å². The summed E-state index contributed by atoms with van der Waals surface area (Å²) in [6.45, 7) is 2.05. The van der Waals surface area contributed by atoms with E-state index in [9.17, 15) is 4.39 Å². The maximum Gasteiger partial charge on any atom is 0.157 e. The van der Waals surface area contributed by atoms with Crippen molar-refractivity contribution < 1.29 is 4.39 Å². The molecule has 6 rings (SSSR count). The molecule has 6 heterocycles. The number of aromatic nitrogens is 3. The van der Waals surface area contributed by atoms with Crippen LogP contribution in [0.15, 0.2) is 55.1 Å². The summed E-state index contributed by atoms with van der Waals surface area (Å²) in [5.41, 5.74) is 3.59. The van der Waals surface area contributed by atoms with E-state index in [1.54, 1.807) is 12.4 Å². The molecule has 3 aliphatic heterocycles. The molecule has 6 heteroatoms. The van der Waals surface area contributed by atoms with Crippen LogP contribution in [0.25, 0.3) is 11.3 Å². The van der Waals surface area contributed by atoms with E-state index < -0.39 is 0 Å². The summed E-state index contributed by atoms with van der Waals surface area (Å²) in [7, 11) is 0. The molecule has 0 N–H and O–H groups in total. The second-order valence-corrected chi connectivity index (χ2v) is 6.73. The van der Waals surface area contributed by atoms with E-state index in [0.29, 0.717) is 11.6 Å². The zero-order valence-electron chi connectivity index (χ0n) is 14.2. The van der Waals surface area contributed by atoms with E-state index in [0.717, 1.165) is 48.8 Å². The second kappa shape index (κ2) is 6.05. The number of fused-ring (bicyclic) bond motifs is 2. The Labute approximate surface area is 151 Å². The Hall–Kier alpha value is -3.02. The highest BCUT2D eigenvalue weighted by atomic mass is 19.1. The van der Waals surface area contributed by atoms with Crippen molar-refractivity contribution in [3.05, 3.63) is 60.9 Å². The lowest BCUT2D eigenvalue weighted by molar-refractivity contribution is 0.508. The fourth-order valence-electron chi connectivity index (χ4n) is 3.95. The fraction of sp³-hybridized carbons (Fsp3) is 0.250. The third-order valence-corrected chi connectivity index (χ3v) is 5.18. The van der Waals surface area contributed by atoms with Crippen LogP contribution in [0, 0.1) is 5.82 Å². The Bertz CT molecular complexity index is 938. The van der Waals surface area contributed by atoms with Gasteiger partial charge in [0.1, 0.15) is 5.82 Å². The van der Waals surface area contributed by atoms with Gasteiger partial charge in [-0.3, -0.25) is 9.97 Å². The first-order valence-corrected chi connectivity index (χ1v) is 8.86. The highest BCUT2D eigenvalue weighted by Gasteiger charge is 2.34. The second-order valence-electron chi connectivity index (χ2n) is 6.73. The van der Waals surface area contributed by atoms with Crippen LogP contribution in [0.2, 0.25) is 0 Å². The molecule has 1 fully saturated rings. The van der Waals surface area contributed by atoms with Gasteiger partial charge in [0, 0.05) is 37.1 Å². The van der Waals surface area contributed by atoms with Gasteiger partial charge in [-0.25, -0.2) is 9.37 Å². The van der Waals surface area contributed by atoms with Crippen LogP contribution >= 0.6 is 0 Å². The van der Waals surface area contributed by atoms with Crippen LogP contribution in [0.3, 0.4) is 0 Å². The number of pyridine rings is 3. The molecular formula is C20H18FN5. The van der Waals surface area contributed by atoms with Crippen LogP contribution in [-0.2, 0) is 0 Å². The molecule has 0 saturated carbocycles. The molecule has 0 atom stereocenters. The molecule has 3 aromatic rings. The summed E-state index contributed by atoms with van der Waals surface area (Å²) in [4.78, 5) is 17.9. The predicted molar refractivity (Wildman–Crippen MR) is 99.0 cm³/mol. The molecule has 3 aliphatic rings. The standard InChI is InChI=1S/C20H18FN5/c21-15-10-14(11-23-12-15)18-3-4-19-20(24-18)26(17-2-1-7-22-13-17)16-5-8-25(19)9-6-16/h1-4,7,10-13,16H,5-6,8-9H2. The van der Waals surface area contributed by atoms with Crippen LogP contribution in [-0.4, -0.2) is 34.1 Å². The van der Waals surface area contributed by atoms with Gasteiger partial charge in [-0.15, -0.1) is 0 Å². The summed E-state index contributed by atoms with van der Waals surface area (Å²) in [6, 6.07) is 9.94. The van der Waals surface area contributed by atoms with Crippen LogP contribution < -0.4 is 9.80 Å². The van der Waals surface area contributed by atoms with E-state index in [1.165, 1.54) is 12.3 Å². The lowest BCUT2D eigenvalue weighted by Gasteiger charge is -2.32. The molecule has 0 radical (unpaired) electrons. The minimum atomic E-state index is -0.354. The van der Waals surface area contributed by atoms with E-state index in [-0.39, 0.29) is 5.82 Å². The third-order valence-electron chi connectivity index (χ3n) is 5.18. The van der Waals surface area contributed by atoms with Crippen LogP contribution in [0.5, 0.6) is 0 Å². The number of piperidine rings is 1. The lowest BCUT2D eigenvalue weighted by Crippen LogP contribution is -2.38. The van der Waals surface area contributed by atoms with Crippen molar-refractivity contribution in [3.8, 4) is 11.3 Å². The van der Waals surface area contributed by atoms with E-state index >= 15 is 0 Å². The smallest absolute Gasteiger partial charge is 0.157 e. The minimum absolute atomic E-state index is 0.354. The van der Waals surface area contributed by atoms with Crippen molar-refractivity contribution in [2.45, 2.75) is 18.9 Å². The number of hydrogen-bond donors (Lipinski definition) is 0. The molecule has 0 amide bonds. The Morgan fingerprint density at radius 1 is 1.00 bits per heavy atom. The molecule has 1 saturated heterocycles. The average molecular weight is 347 g/mol. The van der Waals surface area contributed by atoms with Gasteiger partial charge in [0.25, 0.3) is 0 Å². The van der Waals surface area contributed by atoms with Gasteiger partial charge >= 0.3 is 0 Å². The van der Waals surface area contributed by atoms with Gasteiger partial charge in [-0.05, 0) is 43.2 Å². The van der Waals surface area contributed by atoms with Crippen molar-refractivity contribution in [2.24, 2.45) is 0 Å².